The standard InChI is InChI=1S/C19H20N4/c1-4-6-16-20-15-10-9-13(12(3)18(15)22-16)19-21-14-8-5-7-11(2)17(14)23-19/h5,7-10H,4,6H2,1-3H3,(H,20,22)(H,21,23). The number of aryl methyl sites for hydroxylation is 3. The van der Waals surface area contributed by atoms with Gasteiger partial charge in [-0.2, -0.15) is 0 Å². The molecule has 2 aromatic carbocycles. The second kappa shape index (κ2) is 5.23. The van der Waals surface area contributed by atoms with E-state index in [1.807, 2.05) is 0 Å². The minimum absolute atomic E-state index is 0.911. The number of nitrogens with zero attached hydrogens (tertiary/aromatic N) is 2. The van der Waals surface area contributed by atoms with Crippen molar-refractivity contribution < 1.29 is 0 Å². The van der Waals surface area contributed by atoms with Gasteiger partial charge in [-0.25, -0.2) is 9.97 Å². The maximum Gasteiger partial charge on any atom is 0.138 e. The monoisotopic (exact) mass is 304 g/mol. The van der Waals surface area contributed by atoms with Crippen LogP contribution in [0.2, 0.25) is 0 Å². The topological polar surface area (TPSA) is 57.4 Å². The number of hydrogen-bond donors (Lipinski definition) is 2. The molecular weight excluding hydrogens is 284 g/mol. The summed E-state index contributed by atoms with van der Waals surface area (Å²) in [6.45, 7) is 6.38. The molecule has 0 unspecified atom stereocenters. The quantitative estimate of drug-likeness (QED) is 0.577. The van der Waals surface area contributed by atoms with Gasteiger partial charge in [0.05, 0.1) is 22.1 Å². The van der Waals surface area contributed by atoms with Crippen molar-refractivity contribution in [3.8, 4) is 11.4 Å². The first-order valence-corrected chi connectivity index (χ1v) is 8.11. The van der Waals surface area contributed by atoms with E-state index in [2.05, 4.69) is 61.1 Å². The van der Waals surface area contributed by atoms with Crippen molar-refractivity contribution in [1.29, 1.82) is 0 Å². The van der Waals surface area contributed by atoms with E-state index in [1.54, 1.807) is 0 Å². The Labute approximate surface area is 135 Å². The molecule has 0 aliphatic heterocycles. The summed E-state index contributed by atoms with van der Waals surface area (Å²) in [5.41, 5.74) is 7.73. The van der Waals surface area contributed by atoms with Crippen LogP contribution < -0.4 is 0 Å². The number of fused-ring (bicyclic) bond motifs is 2. The van der Waals surface area contributed by atoms with Crippen LogP contribution in [-0.2, 0) is 6.42 Å². The van der Waals surface area contributed by atoms with E-state index in [-0.39, 0.29) is 0 Å². The van der Waals surface area contributed by atoms with Crippen molar-refractivity contribution in [2.45, 2.75) is 33.6 Å². The van der Waals surface area contributed by atoms with Crippen LogP contribution in [0.1, 0.15) is 30.3 Å². The van der Waals surface area contributed by atoms with Crippen LogP contribution in [-0.4, -0.2) is 19.9 Å². The maximum atomic E-state index is 4.80. The zero-order chi connectivity index (χ0) is 16.0. The van der Waals surface area contributed by atoms with Gasteiger partial charge in [0, 0.05) is 12.0 Å². The van der Waals surface area contributed by atoms with Crippen molar-refractivity contribution in [2.75, 3.05) is 0 Å². The fraction of sp³-hybridized carbons (Fsp3) is 0.263. The molecule has 0 aliphatic rings. The third kappa shape index (κ3) is 2.22. The number of H-pyrrole nitrogens is 2. The van der Waals surface area contributed by atoms with Gasteiger partial charge in [-0.15, -0.1) is 0 Å². The summed E-state index contributed by atoms with van der Waals surface area (Å²) in [6.07, 6.45) is 2.07. The molecule has 4 rings (SSSR count). The van der Waals surface area contributed by atoms with Crippen LogP contribution >= 0.6 is 0 Å². The van der Waals surface area contributed by atoms with Gasteiger partial charge in [0.15, 0.2) is 0 Å². The number of aromatic nitrogens is 4. The molecule has 0 radical (unpaired) electrons. The molecule has 23 heavy (non-hydrogen) atoms. The molecule has 0 aliphatic carbocycles. The Morgan fingerprint density at radius 2 is 1.74 bits per heavy atom. The zero-order valence-electron chi connectivity index (χ0n) is 13.7. The minimum Gasteiger partial charge on any atom is -0.342 e. The molecule has 0 atom stereocenters. The minimum atomic E-state index is 0.911. The number of hydrogen-bond acceptors (Lipinski definition) is 2. The van der Waals surface area contributed by atoms with Crippen molar-refractivity contribution in [3.05, 3.63) is 47.3 Å². The van der Waals surface area contributed by atoms with Crippen LogP contribution in [0.4, 0.5) is 0 Å². The molecule has 0 saturated heterocycles. The molecule has 0 amide bonds. The van der Waals surface area contributed by atoms with Crippen LogP contribution in [0.5, 0.6) is 0 Å². The predicted octanol–water partition coefficient (Wildman–Crippen LogP) is 4.68. The van der Waals surface area contributed by atoms with Gasteiger partial charge in [0.2, 0.25) is 0 Å². The Hall–Kier alpha value is -2.62. The van der Waals surface area contributed by atoms with Gasteiger partial charge in [0.1, 0.15) is 11.6 Å². The highest BCUT2D eigenvalue weighted by Crippen LogP contribution is 2.29. The molecule has 4 heteroatoms. The lowest BCUT2D eigenvalue weighted by Gasteiger charge is -2.02. The number of rotatable bonds is 3. The first-order chi connectivity index (χ1) is 11.2. The number of nitrogens with one attached hydrogen (secondary N) is 2. The fourth-order valence-corrected chi connectivity index (χ4v) is 3.18. The van der Waals surface area contributed by atoms with Gasteiger partial charge >= 0.3 is 0 Å². The Bertz CT molecular complexity index is 1010. The average Bonchev–Trinajstić information content (AvgIpc) is 3.13. The molecule has 2 aromatic heterocycles. The van der Waals surface area contributed by atoms with Crippen molar-refractivity contribution in [1.82, 2.24) is 19.9 Å². The number of imidazole rings is 2. The maximum absolute atomic E-state index is 4.80. The third-order valence-electron chi connectivity index (χ3n) is 4.41. The Morgan fingerprint density at radius 3 is 2.52 bits per heavy atom. The first kappa shape index (κ1) is 14.0. The second-order valence-electron chi connectivity index (χ2n) is 6.12. The third-order valence-corrected chi connectivity index (χ3v) is 4.41. The molecule has 4 nitrogen and oxygen atoms in total. The highest BCUT2D eigenvalue weighted by atomic mass is 14.9. The van der Waals surface area contributed by atoms with Crippen LogP contribution in [0.3, 0.4) is 0 Å². The highest BCUT2D eigenvalue weighted by Gasteiger charge is 2.13. The number of benzene rings is 2. The molecule has 2 heterocycles. The van der Waals surface area contributed by atoms with Crippen molar-refractivity contribution in [3.63, 3.8) is 0 Å². The number of aromatic amines is 2. The van der Waals surface area contributed by atoms with Crippen molar-refractivity contribution in [2.24, 2.45) is 0 Å². The Morgan fingerprint density at radius 1 is 0.913 bits per heavy atom. The van der Waals surface area contributed by atoms with Gasteiger partial charge in [0.25, 0.3) is 0 Å². The molecule has 0 saturated carbocycles. The Kier molecular flexibility index (Phi) is 3.18. The second-order valence-corrected chi connectivity index (χ2v) is 6.12. The molecule has 0 spiro atoms. The molecule has 4 aromatic rings. The van der Waals surface area contributed by atoms with E-state index in [9.17, 15) is 0 Å². The summed E-state index contributed by atoms with van der Waals surface area (Å²) in [5, 5.41) is 0. The zero-order valence-corrected chi connectivity index (χ0v) is 13.7. The first-order valence-electron chi connectivity index (χ1n) is 8.11. The fourth-order valence-electron chi connectivity index (χ4n) is 3.18. The van der Waals surface area contributed by atoms with E-state index >= 15 is 0 Å². The summed E-state index contributed by atoms with van der Waals surface area (Å²) >= 11 is 0. The molecule has 116 valence electrons. The average molecular weight is 304 g/mol. The summed E-state index contributed by atoms with van der Waals surface area (Å²) in [7, 11) is 0. The largest absolute Gasteiger partial charge is 0.342 e. The Balaban J connectivity index is 1.89. The highest BCUT2D eigenvalue weighted by molar-refractivity contribution is 5.88. The lowest BCUT2D eigenvalue weighted by molar-refractivity contribution is 0.861. The van der Waals surface area contributed by atoms with E-state index in [0.717, 1.165) is 57.7 Å². The normalized spacial score (nSPS) is 11.6. The van der Waals surface area contributed by atoms with Gasteiger partial charge in [-0.3, -0.25) is 0 Å². The van der Waals surface area contributed by atoms with Crippen LogP contribution in [0, 0.1) is 13.8 Å². The summed E-state index contributed by atoms with van der Waals surface area (Å²) in [6, 6.07) is 10.4. The van der Waals surface area contributed by atoms with E-state index < -0.39 is 0 Å². The van der Waals surface area contributed by atoms with E-state index in [0.29, 0.717) is 0 Å². The summed E-state index contributed by atoms with van der Waals surface area (Å²) in [5.74, 6) is 1.97. The van der Waals surface area contributed by atoms with Gasteiger partial charge in [-0.05, 0) is 49.6 Å². The molecular formula is C19H20N4. The van der Waals surface area contributed by atoms with Crippen LogP contribution in [0.15, 0.2) is 30.3 Å². The summed E-state index contributed by atoms with van der Waals surface area (Å²) < 4.78 is 0. The predicted molar refractivity (Wildman–Crippen MR) is 94.7 cm³/mol. The summed E-state index contributed by atoms with van der Waals surface area (Å²) in [4.78, 5) is 16.4. The van der Waals surface area contributed by atoms with E-state index in [1.165, 1.54) is 5.56 Å². The lowest BCUT2D eigenvalue weighted by atomic mass is 10.1. The molecule has 0 bridgehead atoms. The van der Waals surface area contributed by atoms with Gasteiger partial charge < -0.3 is 9.97 Å². The molecule has 2 N–H and O–H groups in total. The molecule has 0 fully saturated rings. The van der Waals surface area contributed by atoms with Gasteiger partial charge in [-0.1, -0.05) is 19.1 Å². The van der Waals surface area contributed by atoms with Crippen molar-refractivity contribution >= 4 is 22.1 Å². The van der Waals surface area contributed by atoms with E-state index in [4.69, 9.17) is 9.97 Å². The lowest BCUT2D eigenvalue weighted by Crippen LogP contribution is -1.87. The number of para-hydroxylation sites is 1. The smallest absolute Gasteiger partial charge is 0.138 e. The SMILES string of the molecule is CCCc1nc2c(C)c(-c3nc4c(C)cccc4[nH]3)ccc2[nH]1. The van der Waals surface area contributed by atoms with Crippen LogP contribution in [0.25, 0.3) is 33.5 Å².